The quantitative estimate of drug-likeness (QED) is 0.231. The Hall–Kier alpha value is -4.36. The molecular formula is C37H52N6O6S. The zero-order valence-electron chi connectivity index (χ0n) is 29.7. The first-order chi connectivity index (χ1) is 23.3. The van der Waals surface area contributed by atoms with Crippen molar-refractivity contribution in [2.45, 2.75) is 96.6 Å². The predicted molar refractivity (Wildman–Crippen MR) is 197 cm³/mol. The Kier molecular flexibility index (Phi) is 14.9. The van der Waals surface area contributed by atoms with Crippen LogP contribution in [0.2, 0.25) is 0 Å². The number of rotatable bonds is 12. The number of aromatic nitrogens is 2. The number of hydrogen-bond donors (Lipinski definition) is 3. The Bertz CT molecular complexity index is 1530. The van der Waals surface area contributed by atoms with Gasteiger partial charge in [0.1, 0.15) is 23.2 Å². The first-order valence-electron chi connectivity index (χ1n) is 16.9. The first-order valence-corrected chi connectivity index (χ1v) is 16.9. The number of carbonyl (C=O) groups excluding carboxylic acids is 4. The molecule has 1 aliphatic rings. The number of alkyl carbamates (subject to hydrolysis) is 1. The van der Waals surface area contributed by atoms with E-state index >= 15 is 0 Å². The highest BCUT2D eigenvalue weighted by Gasteiger charge is 2.35. The molecule has 0 spiro atoms. The van der Waals surface area contributed by atoms with Crippen LogP contribution in [0.25, 0.3) is 0 Å². The Morgan fingerprint density at radius 1 is 0.860 bits per heavy atom. The van der Waals surface area contributed by atoms with Crippen LogP contribution in [0.3, 0.4) is 0 Å². The normalized spacial score (nSPS) is 14.9. The van der Waals surface area contributed by atoms with Crippen molar-refractivity contribution in [2.24, 2.45) is 0 Å². The van der Waals surface area contributed by atoms with E-state index in [9.17, 15) is 19.2 Å². The zero-order chi connectivity index (χ0) is 35.4. The van der Waals surface area contributed by atoms with E-state index < -0.39 is 41.1 Å². The van der Waals surface area contributed by atoms with Gasteiger partial charge in [-0.2, -0.15) is 13.5 Å². The molecule has 1 saturated heterocycles. The van der Waals surface area contributed by atoms with Gasteiger partial charge in [-0.25, -0.2) is 9.78 Å². The van der Waals surface area contributed by atoms with Gasteiger partial charge in [0.25, 0.3) is 5.91 Å². The largest absolute Gasteiger partial charge is 0.444 e. The van der Waals surface area contributed by atoms with E-state index in [0.717, 1.165) is 36.8 Å². The fourth-order valence-electron chi connectivity index (χ4n) is 5.48. The maximum atomic E-state index is 14.0. The van der Waals surface area contributed by atoms with Crippen LogP contribution in [0, 0.1) is 0 Å². The van der Waals surface area contributed by atoms with Gasteiger partial charge in [-0.1, -0.05) is 79.9 Å². The van der Waals surface area contributed by atoms with Crippen molar-refractivity contribution in [1.82, 2.24) is 25.1 Å². The molecule has 1 fully saturated rings. The van der Waals surface area contributed by atoms with Gasteiger partial charge in [-0.3, -0.25) is 14.4 Å². The summed E-state index contributed by atoms with van der Waals surface area (Å²) >= 11 is 0. The zero-order valence-corrected chi connectivity index (χ0v) is 30.7. The van der Waals surface area contributed by atoms with Crippen LogP contribution in [0.5, 0.6) is 0 Å². The van der Waals surface area contributed by atoms with Crippen LogP contribution in [-0.2, 0) is 30.5 Å². The molecule has 0 radical (unpaired) electrons. The highest BCUT2D eigenvalue weighted by atomic mass is 32.1. The van der Waals surface area contributed by atoms with Crippen molar-refractivity contribution in [3.8, 4) is 0 Å². The third-order valence-electron chi connectivity index (χ3n) is 8.07. The monoisotopic (exact) mass is 708 g/mol. The number of amides is 4. The fourth-order valence-corrected chi connectivity index (χ4v) is 5.48. The maximum absolute atomic E-state index is 14.0. The third-order valence-corrected chi connectivity index (χ3v) is 8.07. The minimum absolute atomic E-state index is 0. The van der Waals surface area contributed by atoms with Gasteiger partial charge in [-0.05, 0) is 58.6 Å². The van der Waals surface area contributed by atoms with Crippen LogP contribution < -0.4 is 16.0 Å². The SMILES string of the molecule is CC(C)(C)OC(=O)NC(C)(C)C(=O)N[C@H](COCc1ccccc1)C(=O)Nc1cn(C(C(=O)N2CCCCCCC2)c2ccccc2)cn1.S. The Balaban J connectivity index is 0.00000676. The molecule has 2 heterocycles. The number of imidazole rings is 1. The lowest BCUT2D eigenvalue weighted by Gasteiger charge is -2.29. The fraction of sp³-hybridized carbons (Fsp3) is 0.486. The van der Waals surface area contributed by atoms with Crippen LogP contribution in [0.15, 0.2) is 73.2 Å². The Morgan fingerprint density at radius 2 is 1.46 bits per heavy atom. The number of likely N-dealkylation sites (tertiary alicyclic amines) is 1. The number of nitrogens with one attached hydrogen (secondary N) is 3. The number of anilines is 1. The molecule has 1 aromatic heterocycles. The predicted octanol–water partition coefficient (Wildman–Crippen LogP) is 5.32. The summed E-state index contributed by atoms with van der Waals surface area (Å²) in [5.74, 6) is -1.01. The second-order valence-corrected chi connectivity index (χ2v) is 13.9. The molecule has 4 rings (SSSR count). The van der Waals surface area contributed by atoms with E-state index in [-0.39, 0.29) is 38.4 Å². The number of benzene rings is 2. The maximum Gasteiger partial charge on any atom is 0.408 e. The second kappa shape index (κ2) is 18.6. The molecule has 0 bridgehead atoms. The molecule has 13 heteroatoms. The molecule has 0 saturated carbocycles. The summed E-state index contributed by atoms with van der Waals surface area (Å²) in [7, 11) is 0. The average molecular weight is 709 g/mol. The minimum atomic E-state index is -1.42. The standard InChI is InChI=1S/C37H50N6O6.H2S/c1-36(2,3)49-35(47)41-37(4,5)34(46)39-29(25-48-24-27-17-11-9-12-18-27)32(44)40-30-23-43(26-38-30)31(28-19-13-10-14-20-28)33(45)42-21-15-7-6-8-16-22-42;/h9-14,17-20,23,26,29,31H,6-8,15-16,21-22,24-25H2,1-5H3,(H,39,46)(H,40,44)(H,41,47);1H2/t29-,31?;/m1./s1. The average Bonchev–Trinajstić information content (AvgIpc) is 3.47. The van der Waals surface area contributed by atoms with Crippen LogP contribution in [0.1, 0.15) is 83.9 Å². The molecule has 3 N–H and O–H groups in total. The molecule has 4 amide bonds. The van der Waals surface area contributed by atoms with Crippen molar-refractivity contribution >= 4 is 43.1 Å². The summed E-state index contributed by atoms with van der Waals surface area (Å²) in [6, 6.07) is 17.1. The second-order valence-electron chi connectivity index (χ2n) is 13.9. The van der Waals surface area contributed by atoms with Crippen molar-refractivity contribution in [3.63, 3.8) is 0 Å². The minimum Gasteiger partial charge on any atom is -0.444 e. The van der Waals surface area contributed by atoms with E-state index in [2.05, 4.69) is 20.9 Å². The number of ether oxygens (including phenoxy) is 2. The van der Waals surface area contributed by atoms with Crippen molar-refractivity contribution in [1.29, 1.82) is 0 Å². The number of carbonyl (C=O) groups is 4. The van der Waals surface area contributed by atoms with Crippen molar-refractivity contribution in [3.05, 3.63) is 84.3 Å². The summed E-state index contributed by atoms with van der Waals surface area (Å²) in [5, 5.41) is 8.07. The van der Waals surface area contributed by atoms with Gasteiger partial charge in [0.15, 0.2) is 5.82 Å². The smallest absolute Gasteiger partial charge is 0.408 e. The number of nitrogens with zero attached hydrogens (tertiary/aromatic N) is 3. The molecular weight excluding hydrogens is 657 g/mol. The molecule has 0 aliphatic carbocycles. The summed E-state index contributed by atoms with van der Waals surface area (Å²) in [6.07, 6.45) is 7.69. The lowest BCUT2D eigenvalue weighted by molar-refractivity contribution is -0.134. The van der Waals surface area contributed by atoms with Gasteiger partial charge < -0.3 is 34.9 Å². The summed E-state index contributed by atoms with van der Waals surface area (Å²) in [4.78, 5) is 59.9. The van der Waals surface area contributed by atoms with Crippen molar-refractivity contribution < 1.29 is 28.7 Å². The summed E-state index contributed by atoms with van der Waals surface area (Å²) < 4.78 is 12.9. The molecule has 3 aromatic rings. The summed E-state index contributed by atoms with van der Waals surface area (Å²) in [5.41, 5.74) is -0.471. The first kappa shape index (κ1) is 40.1. The number of hydrogen-bond acceptors (Lipinski definition) is 7. The Morgan fingerprint density at radius 3 is 2.08 bits per heavy atom. The topological polar surface area (TPSA) is 144 Å². The molecule has 2 aromatic carbocycles. The third kappa shape index (κ3) is 12.2. The molecule has 2 atom stereocenters. The van der Waals surface area contributed by atoms with E-state index in [1.807, 2.05) is 65.6 Å². The molecule has 50 heavy (non-hydrogen) atoms. The highest BCUT2D eigenvalue weighted by Crippen LogP contribution is 2.24. The Labute approximate surface area is 302 Å². The van der Waals surface area contributed by atoms with Crippen molar-refractivity contribution in [2.75, 3.05) is 25.0 Å². The van der Waals surface area contributed by atoms with Crippen LogP contribution in [-0.4, -0.2) is 75.1 Å². The van der Waals surface area contributed by atoms with E-state index in [1.165, 1.54) is 26.6 Å². The molecule has 272 valence electrons. The van der Waals surface area contributed by atoms with Gasteiger partial charge in [0.2, 0.25) is 11.8 Å². The van der Waals surface area contributed by atoms with Gasteiger partial charge in [0.05, 0.1) is 19.5 Å². The lowest BCUT2D eigenvalue weighted by Crippen LogP contribution is -2.59. The van der Waals surface area contributed by atoms with Gasteiger partial charge in [-0.15, -0.1) is 0 Å². The van der Waals surface area contributed by atoms with E-state index in [4.69, 9.17) is 9.47 Å². The molecule has 1 aliphatic heterocycles. The van der Waals surface area contributed by atoms with Gasteiger partial charge in [0, 0.05) is 19.3 Å². The summed E-state index contributed by atoms with van der Waals surface area (Å²) in [6.45, 7) is 9.65. The van der Waals surface area contributed by atoms with E-state index in [1.54, 1.807) is 31.5 Å². The van der Waals surface area contributed by atoms with E-state index in [0.29, 0.717) is 13.1 Å². The molecule has 12 nitrogen and oxygen atoms in total. The molecule has 1 unspecified atom stereocenters. The van der Waals surface area contributed by atoms with Crippen LogP contribution >= 0.6 is 13.5 Å². The van der Waals surface area contributed by atoms with Gasteiger partial charge >= 0.3 is 6.09 Å². The lowest BCUT2D eigenvalue weighted by atomic mass is 10.0. The highest BCUT2D eigenvalue weighted by molar-refractivity contribution is 7.59. The van der Waals surface area contributed by atoms with Crippen LogP contribution in [0.4, 0.5) is 10.6 Å².